The lowest BCUT2D eigenvalue weighted by atomic mass is 10.1. The fraction of sp³-hybridized carbons (Fsp3) is 0.533. The molecule has 0 saturated heterocycles. The van der Waals surface area contributed by atoms with Crippen LogP contribution in [-0.4, -0.2) is 24.5 Å². The van der Waals surface area contributed by atoms with Crippen LogP contribution in [0.4, 0.5) is 0 Å². The molecule has 0 heterocycles. The number of hydrogen-bond acceptors (Lipinski definition) is 2. The van der Waals surface area contributed by atoms with Gasteiger partial charge >= 0.3 is 0 Å². The summed E-state index contributed by atoms with van der Waals surface area (Å²) < 4.78 is 0. The lowest BCUT2D eigenvalue weighted by molar-refractivity contribution is -0.121. The van der Waals surface area contributed by atoms with Crippen LogP contribution in [0, 0.1) is 6.92 Å². The number of aryl methyl sites for hydroxylation is 1. The van der Waals surface area contributed by atoms with Crippen molar-refractivity contribution in [3.8, 4) is 0 Å². The van der Waals surface area contributed by atoms with E-state index in [0.717, 1.165) is 13.0 Å². The van der Waals surface area contributed by atoms with Crippen molar-refractivity contribution in [2.24, 2.45) is 0 Å². The molecule has 3 nitrogen and oxygen atoms in total. The molecule has 0 atom stereocenters. The van der Waals surface area contributed by atoms with E-state index < -0.39 is 0 Å². The highest BCUT2D eigenvalue weighted by Crippen LogP contribution is 2.06. The zero-order valence-electron chi connectivity index (χ0n) is 11.8. The maximum atomic E-state index is 11.6. The van der Waals surface area contributed by atoms with Crippen LogP contribution in [0.25, 0.3) is 0 Å². The van der Waals surface area contributed by atoms with Gasteiger partial charge in [0.25, 0.3) is 0 Å². The van der Waals surface area contributed by atoms with E-state index in [4.69, 9.17) is 0 Å². The van der Waals surface area contributed by atoms with E-state index in [2.05, 4.69) is 35.8 Å². The molecule has 0 bridgehead atoms. The molecule has 1 amide bonds. The number of benzene rings is 1. The highest BCUT2D eigenvalue weighted by Gasteiger charge is 2.12. The number of rotatable bonds is 5. The Morgan fingerprint density at radius 2 is 1.89 bits per heavy atom. The van der Waals surface area contributed by atoms with Gasteiger partial charge in [0.1, 0.15) is 0 Å². The van der Waals surface area contributed by atoms with Gasteiger partial charge in [-0.2, -0.15) is 0 Å². The quantitative estimate of drug-likeness (QED) is 0.783. The van der Waals surface area contributed by atoms with E-state index in [1.54, 1.807) is 0 Å². The van der Waals surface area contributed by atoms with Crippen LogP contribution in [-0.2, 0) is 11.2 Å². The molecule has 1 aromatic carbocycles. The topological polar surface area (TPSA) is 41.1 Å². The molecule has 2 N–H and O–H groups in total. The van der Waals surface area contributed by atoms with Gasteiger partial charge in [0.2, 0.25) is 5.91 Å². The summed E-state index contributed by atoms with van der Waals surface area (Å²) in [4.78, 5) is 11.6. The van der Waals surface area contributed by atoms with Crippen molar-refractivity contribution in [2.75, 3.05) is 13.1 Å². The Morgan fingerprint density at radius 3 is 2.50 bits per heavy atom. The zero-order valence-corrected chi connectivity index (χ0v) is 11.8. The molecule has 0 spiro atoms. The monoisotopic (exact) mass is 248 g/mol. The third kappa shape index (κ3) is 5.82. The average molecular weight is 248 g/mol. The third-order valence-electron chi connectivity index (χ3n) is 2.63. The van der Waals surface area contributed by atoms with Crippen LogP contribution in [0.5, 0.6) is 0 Å². The second-order valence-electron chi connectivity index (χ2n) is 5.65. The Hall–Kier alpha value is -1.35. The summed E-state index contributed by atoms with van der Waals surface area (Å²) in [7, 11) is 0. The van der Waals surface area contributed by atoms with Gasteiger partial charge in [0.05, 0.1) is 6.54 Å². The third-order valence-corrected chi connectivity index (χ3v) is 2.63. The number of amides is 1. The molecule has 0 saturated carbocycles. The molecular formula is C15H24N2O. The average Bonchev–Trinajstić information content (AvgIpc) is 2.24. The van der Waals surface area contributed by atoms with Gasteiger partial charge in [-0.25, -0.2) is 0 Å². The Labute approximate surface area is 110 Å². The predicted molar refractivity (Wildman–Crippen MR) is 75.6 cm³/mol. The van der Waals surface area contributed by atoms with Gasteiger partial charge < -0.3 is 10.6 Å². The van der Waals surface area contributed by atoms with Crippen molar-refractivity contribution in [3.63, 3.8) is 0 Å². The highest BCUT2D eigenvalue weighted by molar-refractivity contribution is 5.78. The minimum Gasteiger partial charge on any atom is -0.350 e. The summed E-state index contributed by atoms with van der Waals surface area (Å²) in [6.45, 7) is 9.27. The van der Waals surface area contributed by atoms with Crippen molar-refractivity contribution >= 4 is 5.91 Å². The van der Waals surface area contributed by atoms with Crippen molar-refractivity contribution in [1.29, 1.82) is 0 Å². The molecule has 18 heavy (non-hydrogen) atoms. The summed E-state index contributed by atoms with van der Waals surface area (Å²) in [5.74, 6) is 0.0484. The molecule has 1 rings (SSSR count). The Kier molecular flexibility index (Phi) is 5.35. The van der Waals surface area contributed by atoms with Gasteiger partial charge in [-0.05, 0) is 51.8 Å². The molecular weight excluding hydrogens is 224 g/mol. The second kappa shape index (κ2) is 6.55. The summed E-state index contributed by atoms with van der Waals surface area (Å²) in [5.41, 5.74) is 2.48. The van der Waals surface area contributed by atoms with Gasteiger partial charge in [-0.15, -0.1) is 0 Å². The second-order valence-corrected chi connectivity index (χ2v) is 5.65. The summed E-state index contributed by atoms with van der Waals surface area (Å²) in [6.07, 6.45) is 0.954. The minimum absolute atomic E-state index is 0.0484. The lowest BCUT2D eigenvalue weighted by Gasteiger charge is -2.20. The van der Waals surface area contributed by atoms with Gasteiger partial charge in [0.15, 0.2) is 0 Å². The largest absolute Gasteiger partial charge is 0.350 e. The maximum absolute atomic E-state index is 11.6. The van der Waals surface area contributed by atoms with Gasteiger partial charge in [0, 0.05) is 5.54 Å². The summed E-state index contributed by atoms with van der Waals surface area (Å²) in [6, 6.07) is 8.34. The van der Waals surface area contributed by atoms with E-state index in [1.807, 2.05) is 26.8 Å². The molecule has 1 aromatic rings. The van der Waals surface area contributed by atoms with Crippen molar-refractivity contribution in [1.82, 2.24) is 10.6 Å². The van der Waals surface area contributed by atoms with Crippen LogP contribution in [0.15, 0.2) is 24.3 Å². The van der Waals surface area contributed by atoms with E-state index >= 15 is 0 Å². The summed E-state index contributed by atoms with van der Waals surface area (Å²) in [5, 5.41) is 6.10. The van der Waals surface area contributed by atoms with Gasteiger partial charge in [-0.3, -0.25) is 4.79 Å². The molecule has 100 valence electrons. The van der Waals surface area contributed by atoms with Crippen molar-refractivity contribution in [3.05, 3.63) is 35.4 Å². The van der Waals surface area contributed by atoms with E-state index in [0.29, 0.717) is 6.54 Å². The van der Waals surface area contributed by atoms with E-state index in [-0.39, 0.29) is 11.4 Å². The molecule has 0 unspecified atom stereocenters. The minimum atomic E-state index is -0.158. The van der Waals surface area contributed by atoms with Crippen LogP contribution >= 0.6 is 0 Å². The fourth-order valence-corrected chi connectivity index (χ4v) is 1.78. The highest BCUT2D eigenvalue weighted by atomic mass is 16.2. The first kappa shape index (κ1) is 14.7. The molecule has 0 radical (unpaired) electrons. The van der Waals surface area contributed by atoms with Crippen LogP contribution in [0.2, 0.25) is 0 Å². The SMILES string of the molecule is Cc1ccccc1CCNCC(=O)NC(C)(C)C. The molecule has 0 aliphatic heterocycles. The first-order chi connectivity index (χ1) is 8.38. The standard InChI is InChI=1S/C15H24N2O/c1-12-7-5-6-8-13(12)9-10-16-11-14(18)17-15(2,3)4/h5-8,16H,9-11H2,1-4H3,(H,17,18). The maximum Gasteiger partial charge on any atom is 0.234 e. The number of nitrogens with one attached hydrogen (secondary N) is 2. The molecule has 0 aliphatic rings. The Morgan fingerprint density at radius 1 is 1.22 bits per heavy atom. The Balaban J connectivity index is 2.23. The van der Waals surface area contributed by atoms with Crippen LogP contribution < -0.4 is 10.6 Å². The summed E-state index contributed by atoms with van der Waals surface area (Å²) >= 11 is 0. The fourth-order valence-electron chi connectivity index (χ4n) is 1.78. The van der Waals surface area contributed by atoms with Crippen LogP contribution in [0.3, 0.4) is 0 Å². The molecule has 0 aromatic heterocycles. The number of carbonyl (C=O) groups is 1. The normalized spacial score (nSPS) is 11.3. The van der Waals surface area contributed by atoms with E-state index in [9.17, 15) is 4.79 Å². The first-order valence-electron chi connectivity index (χ1n) is 6.45. The van der Waals surface area contributed by atoms with E-state index in [1.165, 1.54) is 11.1 Å². The molecule has 3 heteroatoms. The Bertz CT molecular complexity index is 394. The van der Waals surface area contributed by atoms with Gasteiger partial charge in [-0.1, -0.05) is 24.3 Å². The predicted octanol–water partition coefficient (Wildman–Crippen LogP) is 2.04. The van der Waals surface area contributed by atoms with Crippen molar-refractivity contribution < 1.29 is 4.79 Å². The first-order valence-corrected chi connectivity index (χ1v) is 6.45. The van der Waals surface area contributed by atoms with Crippen molar-refractivity contribution in [2.45, 2.75) is 39.7 Å². The number of carbonyl (C=O) groups excluding carboxylic acids is 1. The number of hydrogen-bond donors (Lipinski definition) is 2. The van der Waals surface area contributed by atoms with Crippen LogP contribution in [0.1, 0.15) is 31.9 Å². The lowest BCUT2D eigenvalue weighted by Crippen LogP contribution is -2.45. The zero-order chi connectivity index (χ0) is 13.6. The molecule has 0 aliphatic carbocycles. The molecule has 0 fully saturated rings. The smallest absolute Gasteiger partial charge is 0.234 e.